The molecule has 1 atom stereocenters. The van der Waals surface area contributed by atoms with E-state index in [1.54, 1.807) is 56.3 Å². The number of rotatable bonds is 12. The molecule has 2 aromatic rings. The van der Waals surface area contributed by atoms with Crippen LogP contribution in [0.15, 0.2) is 42.5 Å². The number of carbonyl (C=O) groups excluding carboxylic acids is 2. The fraction of sp³-hybridized carbons (Fsp3) is 0.440. The Hall–Kier alpha value is -2.29. The van der Waals surface area contributed by atoms with Crippen LogP contribution in [0.25, 0.3) is 0 Å². The third kappa shape index (κ3) is 7.85. The van der Waals surface area contributed by atoms with Gasteiger partial charge in [-0.2, -0.15) is 0 Å². The molecule has 0 saturated carbocycles. The molecule has 0 fully saturated rings. The van der Waals surface area contributed by atoms with Crippen molar-refractivity contribution in [3.63, 3.8) is 0 Å². The number of sulfonamides is 1. The molecule has 35 heavy (non-hydrogen) atoms. The van der Waals surface area contributed by atoms with E-state index in [0.717, 1.165) is 23.4 Å². The summed E-state index contributed by atoms with van der Waals surface area (Å²) in [7, 11) is -3.80. The molecule has 0 aliphatic carbocycles. The van der Waals surface area contributed by atoms with Crippen LogP contribution in [0.5, 0.6) is 0 Å². The van der Waals surface area contributed by atoms with Crippen LogP contribution in [0.3, 0.4) is 0 Å². The molecule has 0 aromatic heterocycles. The van der Waals surface area contributed by atoms with Crippen molar-refractivity contribution in [1.82, 2.24) is 10.2 Å². The summed E-state index contributed by atoms with van der Waals surface area (Å²) in [6, 6.07) is 11.1. The standard InChI is InChI=1S/C25H33Cl2N3O4S/c1-5-7-15-28-25(32)22(6-2)29(16-19-20(26)12-10-13-21(19)27)24(31)17-30(35(4,33)34)23-14-9-8-11-18(23)3/h8-14,22H,5-7,15-17H2,1-4H3,(H,28,32)/t22-/m0/s1. The van der Waals surface area contributed by atoms with Crippen LogP contribution in [0.1, 0.15) is 44.2 Å². The van der Waals surface area contributed by atoms with Crippen molar-refractivity contribution in [1.29, 1.82) is 0 Å². The second-order valence-corrected chi connectivity index (χ2v) is 11.1. The number of carbonyl (C=O) groups is 2. The number of hydrogen-bond acceptors (Lipinski definition) is 4. The molecule has 0 saturated heterocycles. The Morgan fingerprint density at radius 2 is 1.66 bits per heavy atom. The monoisotopic (exact) mass is 541 g/mol. The first-order valence-corrected chi connectivity index (χ1v) is 14.1. The smallest absolute Gasteiger partial charge is 0.244 e. The highest BCUT2D eigenvalue weighted by Gasteiger charge is 2.32. The minimum absolute atomic E-state index is 0.0393. The molecule has 2 aromatic carbocycles. The molecule has 0 aliphatic heterocycles. The molecule has 0 aliphatic rings. The maximum Gasteiger partial charge on any atom is 0.244 e. The maximum absolute atomic E-state index is 13.7. The molecule has 0 spiro atoms. The molecule has 2 amide bonds. The lowest BCUT2D eigenvalue weighted by Gasteiger charge is -2.33. The van der Waals surface area contributed by atoms with Gasteiger partial charge >= 0.3 is 0 Å². The van der Waals surface area contributed by atoms with Crippen molar-refractivity contribution in [2.75, 3.05) is 23.7 Å². The minimum Gasteiger partial charge on any atom is -0.354 e. The normalized spacial score (nSPS) is 12.2. The largest absolute Gasteiger partial charge is 0.354 e. The Labute approximate surface area is 218 Å². The van der Waals surface area contributed by atoms with Gasteiger partial charge in [0.05, 0.1) is 11.9 Å². The van der Waals surface area contributed by atoms with Crippen molar-refractivity contribution in [2.24, 2.45) is 0 Å². The number of nitrogens with one attached hydrogen (secondary N) is 1. The molecule has 7 nitrogen and oxygen atoms in total. The number of amides is 2. The van der Waals surface area contributed by atoms with Gasteiger partial charge in [0.1, 0.15) is 12.6 Å². The summed E-state index contributed by atoms with van der Waals surface area (Å²) in [5.74, 6) is -0.841. The van der Waals surface area contributed by atoms with E-state index in [0.29, 0.717) is 39.8 Å². The molecule has 0 bridgehead atoms. The number of anilines is 1. The van der Waals surface area contributed by atoms with E-state index >= 15 is 0 Å². The highest BCUT2D eigenvalue weighted by atomic mass is 35.5. The second-order valence-electron chi connectivity index (χ2n) is 8.35. The Bertz CT molecular complexity index is 1120. The first-order chi connectivity index (χ1) is 16.5. The Balaban J connectivity index is 2.48. The fourth-order valence-electron chi connectivity index (χ4n) is 3.72. The van der Waals surface area contributed by atoms with Gasteiger partial charge in [-0.3, -0.25) is 13.9 Å². The van der Waals surface area contributed by atoms with E-state index in [2.05, 4.69) is 5.32 Å². The molecule has 0 unspecified atom stereocenters. The second kappa shape index (κ2) is 13.1. The van der Waals surface area contributed by atoms with Gasteiger partial charge in [0.25, 0.3) is 0 Å². The maximum atomic E-state index is 13.7. The first kappa shape index (κ1) is 28.9. The zero-order chi connectivity index (χ0) is 26.2. The summed E-state index contributed by atoms with van der Waals surface area (Å²) in [5, 5.41) is 3.59. The number of hydrogen-bond donors (Lipinski definition) is 1. The molecule has 1 N–H and O–H groups in total. The van der Waals surface area contributed by atoms with E-state index in [9.17, 15) is 18.0 Å². The van der Waals surface area contributed by atoms with Crippen molar-refractivity contribution < 1.29 is 18.0 Å². The molecular weight excluding hydrogens is 509 g/mol. The highest BCUT2D eigenvalue weighted by molar-refractivity contribution is 7.92. The van der Waals surface area contributed by atoms with Gasteiger partial charge in [-0.15, -0.1) is 0 Å². The summed E-state index contributed by atoms with van der Waals surface area (Å²) >= 11 is 12.7. The molecule has 10 heteroatoms. The number of halogens is 2. The van der Waals surface area contributed by atoms with Gasteiger partial charge in [0.2, 0.25) is 21.8 Å². The summed E-state index contributed by atoms with van der Waals surface area (Å²) in [5.41, 5.74) is 1.60. The lowest BCUT2D eigenvalue weighted by molar-refractivity contribution is -0.140. The van der Waals surface area contributed by atoms with Gasteiger partial charge in [0.15, 0.2) is 0 Å². The van der Waals surface area contributed by atoms with E-state index in [4.69, 9.17) is 23.2 Å². The molecule has 0 heterocycles. The first-order valence-electron chi connectivity index (χ1n) is 11.5. The van der Waals surface area contributed by atoms with Crippen LogP contribution >= 0.6 is 23.2 Å². The lowest BCUT2D eigenvalue weighted by atomic mass is 10.1. The predicted molar refractivity (Wildman–Crippen MR) is 142 cm³/mol. The summed E-state index contributed by atoms with van der Waals surface area (Å²) in [6.07, 6.45) is 3.10. The summed E-state index contributed by atoms with van der Waals surface area (Å²) < 4.78 is 26.4. The number of para-hydroxylation sites is 1. The average molecular weight is 543 g/mol. The van der Waals surface area contributed by atoms with Crippen molar-refractivity contribution in [3.05, 3.63) is 63.6 Å². The van der Waals surface area contributed by atoms with Gasteiger partial charge in [-0.1, -0.05) is 67.7 Å². The quantitative estimate of drug-likeness (QED) is 0.391. The van der Waals surface area contributed by atoms with E-state index in [1.807, 2.05) is 6.92 Å². The summed E-state index contributed by atoms with van der Waals surface area (Å²) in [4.78, 5) is 28.1. The van der Waals surface area contributed by atoms with Crippen LogP contribution in [-0.4, -0.2) is 50.5 Å². The van der Waals surface area contributed by atoms with E-state index in [1.165, 1.54) is 4.90 Å². The molecule has 0 radical (unpaired) electrons. The summed E-state index contributed by atoms with van der Waals surface area (Å²) in [6.45, 7) is 5.57. The van der Waals surface area contributed by atoms with E-state index < -0.39 is 28.5 Å². The van der Waals surface area contributed by atoms with Crippen molar-refractivity contribution in [2.45, 2.75) is 52.6 Å². The predicted octanol–water partition coefficient (Wildman–Crippen LogP) is 4.79. The van der Waals surface area contributed by atoms with Gasteiger partial charge in [-0.25, -0.2) is 8.42 Å². The highest BCUT2D eigenvalue weighted by Crippen LogP contribution is 2.28. The zero-order valence-electron chi connectivity index (χ0n) is 20.6. The molecule has 2 rings (SSSR count). The third-order valence-electron chi connectivity index (χ3n) is 5.67. The van der Waals surface area contributed by atoms with Crippen LogP contribution in [-0.2, 0) is 26.2 Å². The van der Waals surface area contributed by atoms with Crippen LogP contribution in [0.2, 0.25) is 10.0 Å². The number of aryl methyl sites for hydroxylation is 1. The average Bonchev–Trinajstić information content (AvgIpc) is 2.79. The SMILES string of the molecule is CCCCNC(=O)[C@H](CC)N(Cc1c(Cl)cccc1Cl)C(=O)CN(c1ccccc1C)S(C)(=O)=O. The van der Waals surface area contributed by atoms with Crippen LogP contribution in [0.4, 0.5) is 5.69 Å². The van der Waals surface area contributed by atoms with Gasteiger partial charge in [-0.05, 0) is 43.5 Å². The topological polar surface area (TPSA) is 86.8 Å². The van der Waals surface area contributed by atoms with Crippen LogP contribution < -0.4 is 9.62 Å². The van der Waals surface area contributed by atoms with Gasteiger partial charge in [0, 0.05) is 28.7 Å². The van der Waals surface area contributed by atoms with Crippen molar-refractivity contribution >= 4 is 50.7 Å². The lowest BCUT2D eigenvalue weighted by Crippen LogP contribution is -2.52. The van der Waals surface area contributed by atoms with E-state index in [-0.39, 0.29) is 12.5 Å². The van der Waals surface area contributed by atoms with Crippen LogP contribution in [0, 0.1) is 6.92 Å². The Kier molecular flexibility index (Phi) is 10.9. The minimum atomic E-state index is -3.80. The number of unbranched alkanes of at least 4 members (excludes halogenated alkanes) is 1. The molecule has 192 valence electrons. The number of nitrogens with zero attached hydrogens (tertiary/aromatic N) is 2. The molecular formula is C25H33Cl2N3O4S. The van der Waals surface area contributed by atoms with Gasteiger partial charge < -0.3 is 10.2 Å². The Morgan fingerprint density at radius 1 is 1.03 bits per heavy atom. The zero-order valence-corrected chi connectivity index (χ0v) is 22.9. The van der Waals surface area contributed by atoms with Crippen molar-refractivity contribution in [3.8, 4) is 0 Å². The third-order valence-corrected chi connectivity index (χ3v) is 7.50. The fourth-order valence-corrected chi connectivity index (χ4v) is 5.14. The number of benzene rings is 2. The Morgan fingerprint density at radius 3 is 2.20 bits per heavy atom.